The van der Waals surface area contributed by atoms with Crippen LogP contribution < -0.4 is 0 Å². The molecule has 0 spiro atoms. The highest BCUT2D eigenvalue weighted by Crippen LogP contribution is 2.29. The van der Waals surface area contributed by atoms with Gasteiger partial charge >= 0.3 is 0 Å². The fourth-order valence-electron chi connectivity index (χ4n) is 2.19. The van der Waals surface area contributed by atoms with Crippen LogP contribution in [0, 0.1) is 0 Å². The van der Waals surface area contributed by atoms with Crippen LogP contribution >= 0.6 is 38.9 Å². The van der Waals surface area contributed by atoms with Crippen molar-refractivity contribution in [3.8, 4) is 0 Å². The fraction of sp³-hybridized carbons (Fsp3) is 0.333. The smallest absolute Gasteiger partial charge is 0.273 e. The maximum absolute atomic E-state index is 12.7. The molecule has 0 bridgehead atoms. The lowest BCUT2D eigenvalue weighted by Gasteiger charge is -2.29. The van der Waals surface area contributed by atoms with Crippen LogP contribution in [0.25, 0.3) is 0 Å². The first-order valence-corrected chi connectivity index (χ1v) is 8.76. The zero-order chi connectivity index (χ0) is 15.4. The van der Waals surface area contributed by atoms with Crippen LogP contribution in [0.15, 0.2) is 34.1 Å². The zero-order valence-electron chi connectivity index (χ0n) is 11.8. The van der Waals surface area contributed by atoms with E-state index >= 15 is 0 Å². The lowest BCUT2D eigenvalue weighted by molar-refractivity contribution is 0.0685. The Bertz CT molecular complexity index is 632. The van der Waals surface area contributed by atoms with Gasteiger partial charge in [0.15, 0.2) is 4.47 Å². The number of hydrogen-bond acceptors (Lipinski definition) is 3. The van der Waals surface area contributed by atoms with Gasteiger partial charge in [-0.25, -0.2) is 4.98 Å². The Morgan fingerprint density at radius 2 is 2.19 bits per heavy atom. The Hall–Kier alpha value is -0.910. The molecule has 2 rings (SSSR count). The van der Waals surface area contributed by atoms with Gasteiger partial charge in [0.05, 0.1) is 6.04 Å². The second-order valence-corrected chi connectivity index (χ2v) is 6.98. The Morgan fingerprint density at radius 3 is 2.76 bits per heavy atom. The van der Waals surface area contributed by atoms with Crippen molar-refractivity contribution in [2.45, 2.75) is 26.3 Å². The summed E-state index contributed by atoms with van der Waals surface area (Å²) in [4.78, 5) is 18.6. The SMILES string of the molecule is CCCN(C(=O)c1csc(Cl)n1)[C@H](C)c1ccccc1Br. The van der Waals surface area contributed by atoms with Gasteiger partial charge in [0, 0.05) is 16.4 Å². The van der Waals surface area contributed by atoms with Crippen molar-refractivity contribution in [2.24, 2.45) is 0 Å². The molecular weight excluding hydrogens is 372 g/mol. The molecular formula is C15H16BrClN2OS. The molecule has 112 valence electrons. The molecule has 1 aromatic heterocycles. The summed E-state index contributed by atoms with van der Waals surface area (Å²) >= 11 is 10.7. The van der Waals surface area contributed by atoms with E-state index in [2.05, 4.69) is 27.8 Å². The van der Waals surface area contributed by atoms with Crippen molar-refractivity contribution in [2.75, 3.05) is 6.54 Å². The number of aromatic nitrogens is 1. The summed E-state index contributed by atoms with van der Waals surface area (Å²) < 4.78 is 1.39. The molecule has 21 heavy (non-hydrogen) atoms. The lowest BCUT2D eigenvalue weighted by atomic mass is 10.1. The Morgan fingerprint density at radius 1 is 1.48 bits per heavy atom. The number of rotatable bonds is 5. The number of benzene rings is 1. The number of hydrogen-bond donors (Lipinski definition) is 0. The molecule has 0 aliphatic carbocycles. The Kier molecular flexibility index (Phi) is 5.79. The van der Waals surface area contributed by atoms with Crippen molar-refractivity contribution in [3.63, 3.8) is 0 Å². The predicted molar refractivity (Wildman–Crippen MR) is 91.0 cm³/mol. The highest BCUT2D eigenvalue weighted by molar-refractivity contribution is 9.10. The summed E-state index contributed by atoms with van der Waals surface area (Å²) in [7, 11) is 0. The quantitative estimate of drug-likeness (QED) is 0.709. The third-order valence-corrected chi connectivity index (χ3v) is 4.94. The zero-order valence-corrected chi connectivity index (χ0v) is 15.0. The normalized spacial score (nSPS) is 12.2. The summed E-state index contributed by atoms with van der Waals surface area (Å²) in [6.07, 6.45) is 0.887. The molecule has 0 fully saturated rings. The number of amides is 1. The van der Waals surface area contributed by atoms with Crippen LogP contribution in [-0.4, -0.2) is 22.3 Å². The van der Waals surface area contributed by atoms with Gasteiger partial charge < -0.3 is 4.90 Å². The molecule has 6 heteroatoms. The Labute approximate surface area is 142 Å². The van der Waals surface area contributed by atoms with Gasteiger partial charge in [-0.2, -0.15) is 0 Å². The van der Waals surface area contributed by atoms with Crippen molar-refractivity contribution < 1.29 is 4.79 Å². The number of halogens is 2. The molecule has 0 radical (unpaired) electrons. The van der Waals surface area contributed by atoms with Gasteiger partial charge in [-0.3, -0.25) is 4.79 Å². The molecule has 0 aliphatic heterocycles. The topological polar surface area (TPSA) is 33.2 Å². The van der Waals surface area contributed by atoms with Crippen LogP contribution in [0.5, 0.6) is 0 Å². The third kappa shape index (κ3) is 3.84. The molecule has 1 aromatic carbocycles. The molecule has 2 aromatic rings. The molecule has 0 aliphatic rings. The number of carbonyl (C=O) groups is 1. The summed E-state index contributed by atoms with van der Waals surface area (Å²) in [5.41, 5.74) is 1.50. The monoisotopic (exact) mass is 386 g/mol. The van der Waals surface area contributed by atoms with Crippen molar-refractivity contribution >= 4 is 44.8 Å². The molecule has 0 saturated carbocycles. The van der Waals surface area contributed by atoms with Crippen LogP contribution in [0.4, 0.5) is 0 Å². The summed E-state index contributed by atoms with van der Waals surface area (Å²) in [6, 6.07) is 7.92. The van der Waals surface area contributed by atoms with Gasteiger partial charge in [-0.1, -0.05) is 52.7 Å². The summed E-state index contributed by atoms with van der Waals surface area (Å²) in [6.45, 7) is 4.76. The van der Waals surface area contributed by atoms with E-state index in [0.717, 1.165) is 16.5 Å². The maximum atomic E-state index is 12.7. The number of nitrogens with zero attached hydrogens (tertiary/aromatic N) is 2. The first-order chi connectivity index (χ1) is 10.0. The molecule has 1 atom stereocenters. The largest absolute Gasteiger partial charge is 0.330 e. The van der Waals surface area contributed by atoms with Crippen LogP contribution in [-0.2, 0) is 0 Å². The van der Waals surface area contributed by atoms with E-state index in [1.54, 1.807) is 5.38 Å². The summed E-state index contributed by atoms with van der Waals surface area (Å²) in [5, 5.41) is 1.71. The van der Waals surface area contributed by atoms with Crippen LogP contribution in [0.3, 0.4) is 0 Å². The van der Waals surface area contributed by atoms with Gasteiger partial charge in [0.25, 0.3) is 5.91 Å². The van der Waals surface area contributed by atoms with E-state index < -0.39 is 0 Å². The second-order valence-electron chi connectivity index (χ2n) is 4.68. The highest BCUT2D eigenvalue weighted by Gasteiger charge is 2.24. The van der Waals surface area contributed by atoms with Gasteiger partial charge in [0.2, 0.25) is 0 Å². The average Bonchev–Trinajstić information content (AvgIpc) is 2.90. The van der Waals surface area contributed by atoms with Crippen molar-refractivity contribution in [3.05, 3.63) is 49.8 Å². The minimum Gasteiger partial charge on any atom is -0.330 e. The molecule has 0 unspecified atom stereocenters. The number of thiazole rings is 1. The maximum Gasteiger partial charge on any atom is 0.273 e. The predicted octanol–water partition coefficient (Wildman–Crippen LogP) is 5.17. The van der Waals surface area contributed by atoms with E-state index in [9.17, 15) is 4.79 Å². The van der Waals surface area contributed by atoms with Gasteiger partial charge in [-0.15, -0.1) is 11.3 Å². The van der Waals surface area contributed by atoms with E-state index in [0.29, 0.717) is 16.7 Å². The number of carbonyl (C=O) groups excluding carboxylic acids is 1. The van der Waals surface area contributed by atoms with E-state index in [4.69, 9.17) is 11.6 Å². The first kappa shape index (κ1) is 16.5. The Balaban J connectivity index is 2.30. The molecule has 0 saturated heterocycles. The van der Waals surface area contributed by atoms with E-state index in [1.807, 2.05) is 36.1 Å². The van der Waals surface area contributed by atoms with Gasteiger partial charge in [-0.05, 0) is 25.0 Å². The second kappa shape index (κ2) is 7.38. The third-order valence-electron chi connectivity index (χ3n) is 3.24. The molecule has 3 nitrogen and oxygen atoms in total. The fourth-order valence-corrected chi connectivity index (χ4v) is 3.55. The highest BCUT2D eigenvalue weighted by atomic mass is 79.9. The standard InChI is InChI=1S/C15H16BrClN2OS/c1-3-8-19(14(20)13-9-21-15(17)18-13)10(2)11-6-4-5-7-12(11)16/h4-7,9-10H,3,8H2,1-2H3/t10-/m1/s1. The minimum absolute atomic E-state index is 0.0338. The van der Waals surface area contributed by atoms with Crippen molar-refractivity contribution in [1.82, 2.24) is 9.88 Å². The van der Waals surface area contributed by atoms with Gasteiger partial charge in [0.1, 0.15) is 5.69 Å². The summed E-state index contributed by atoms with van der Waals surface area (Å²) in [5.74, 6) is -0.0803. The van der Waals surface area contributed by atoms with Crippen LogP contribution in [0.1, 0.15) is 42.4 Å². The molecule has 0 N–H and O–H groups in total. The molecule has 1 amide bonds. The van der Waals surface area contributed by atoms with Crippen molar-refractivity contribution in [1.29, 1.82) is 0 Å². The van der Waals surface area contributed by atoms with E-state index in [1.165, 1.54) is 11.3 Å². The minimum atomic E-state index is -0.0803. The van der Waals surface area contributed by atoms with Crippen LogP contribution in [0.2, 0.25) is 4.47 Å². The molecule has 1 heterocycles. The lowest BCUT2D eigenvalue weighted by Crippen LogP contribution is -2.34. The van der Waals surface area contributed by atoms with E-state index in [-0.39, 0.29) is 11.9 Å². The average molecular weight is 388 g/mol. The first-order valence-electron chi connectivity index (χ1n) is 6.71.